The third-order valence-electron chi connectivity index (χ3n) is 4.12. The van der Waals surface area contributed by atoms with Crippen LogP contribution in [0.2, 0.25) is 5.02 Å². The molecule has 3 rings (SSSR count). The second-order valence-electron chi connectivity index (χ2n) is 5.82. The molecule has 0 aliphatic carbocycles. The van der Waals surface area contributed by atoms with Crippen molar-refractivity contribution in [1.82, 2.24) is 4.90 Å². The molecule has 0 aromatic heterocycles. The molecule has 4 heteroatoms. The van der Waals surface area contributed by atoms with Gasteiger partial charge in [-0.15, -0.1) is 0 Å². The molecule has 0 saturated carbocycles. The quantitative estimate of drug-likeness (QED) is 0.764. The highest BCUT2D eigenvalue weighted by Crippen LogP contribution is 2.23. The van der Waals surface area contributed by atoms with E-state index in [9.17, 15) is 4.79 Å². The molecule has 2 aromatic carbocycles. The van der Waals surface area contributed by atoms with Crippen LogP contribution in [-0.4, -0.2) is 30.5 Å². The van der Waals surface area contributed by atoms with Crippen LogP contribution in [0, 0.1) is 0 Å². The SMILES string of the molecule is O=C(OC(CN1CCCC1)c1ccccc1)c1ccc(Cl)cc1. The minimum atomic E-state index is -0.310. The van der Waals surface area contributed by atoms with Crippen LogP contribution in [0.1, 0.15) is 34.9 Å². The molecule has 0 amide bonds. The number of halogens is 1. The number of likely N-dealkylation sites (tertiary alicyclic amines) is 1. The molecule has 3 nitrogen and oxygen atoms in total. The van der Waals surface area contributed by atoms with E-state index in [1.54, 1.807) is 24.3 Å². The number of nitrogens with zero attached hydrogens (tertiary/aromatic N) is 1. The van der Waals surface area contributed by atoms with Crippen molar-refractivity contribution >= 4 is 17.6 Å². The predicted octanol–water partition coefficient (Wildman–Crippen LogP) is 4.33. The molecule has 1 fully saturated rings. The first-order valence-corrected chi connectivity index (χ1v) is 8.34. The van der Waals surface area contributed by atoms with E-state index in [4.69, 9.17) is 16.3 Å². The van der Waals surface area contributed by atoms with Crippen molar-refractivity contribution < 1.29 is 9.53 Å². The van der Waals surface area contributed by atoms with Gasteiger partial charge in [0.25, 0.3) is 0 Å². The molecular weight excluding hydrogens is 310 g/mol. The number of rotatable bonds is 5. The monoisotopic (exact) mass is 329 g/mol. The first-order valence-electron chi connectivity index (χ1n) is 7.96. The van der Waals surface area contributed by atoms with Crippen LogP contribution >= 0.6 is 11.6 Å². The number of carbonyl (C=O) groups excluding carboxylic acids is 1. The summed E-state index contributed by atoms with van der Waals surface area (Å²) in [6, 6.07) is 16.7. The number of hydrogen-bond acceptors (Lipinski definition) is 3. The maximum atomic E-state index is 12.4. The molecule has 23 heavy (non-hydrogen) atoms. The summed E-state index contributed by atoms with van der Waals surface area (Å²) in [5.74, 6) is -0.310. The molecule has 1 heterocycles. The Morgan fingerprint density at radius 2 is 1.70 bits per heavy atom. The average Bonchev–Trinajstić information content (AvgIpc) is 3.09. The van der Waals surface area contributed by atoms with E-state index in [2.05, 4.69) is 4.90 Å². The van der Waals surface area contributed by atoms with Crippen LogP contribution in [0.5, 0.6) is 0 Å². The van der Waals surface area contributed by atoms with Gasteiger partial charge in [0.2, 0.25) is 0 Å². The molecule has 1 aliphatic rings. The maximum Gasteiger partial charge on any atom is 0.338 e. The van der Waals surface area contributed by atoms with Crippen LogP contribution < -0.4 is 0 Å². The standard InChI is InChI=1S/C19H20ClNO2/c20-17-10-8-16(9-11-17)19(22)23-18(14-21-12-4-5-13-21)15-6-2-1-3-7-15/h1-3,6-11,18H,4-5,12-14H2. The van der Waals surface area contributed by atoms with Gasteiger partial charge in [0, 0.05) is 11.6 Å². The lowest BCUT2D eigenvalue weighted by Crippen LogP contribution is -2.28. The van der Waals surface area contributed by atoms with E-state index in [-0.39, 0.29) is 12.1 Å². The van der Waals surface area contributed by atoms with Crippen molar-refractivity contribution in [3.63, 3.8) is 0 Å². The van der Waals surface area contributed by atoms with Gasteiger partial charge in [-0.25, -0.2) is 4.79 Å². The molecule has 120 valence electrons. The Morgan fingerprint density at radius 1 is 1.04 bits per heavy atom. The molecule has 1 aliphatic heterocycles. The first kappa shape index (κ1) is 16.0. The first-order chi connectivity index (χ1) is 11.2. The summed E-state index contributed by atoms with van der Waals surface area (Å²) in [4.78, 5) is 14.8. The summed E-state index contributed by atoms with van der Waals surface area (Å²) >= 11 is 5.87. The van der Waals surface area contributed by atoms with Crippen molar-refractivity contribution in [2.45, 2.75) is 18.9 Å². The lowest BCUT2D eigenvalue weighted by atomic mass is 10.1. The third kappa shape index (κ3) is 4.34. The number of benzene rings is 2. The van der Waals surface area contributed by atoms with E-state index in [0.717, 1.165) is 25.2 Å². The molecule has 0 N–H and O–H groups in total. The van der Waals surface area contributed by atoms with Gasteiger partial charge >= 0.3 is 5.97 Å². The zero-order valence-electron chi connectivity index (χ0n) is 13.0. The van der Waals surface area contributed by atoms with E-state index in [0.29, 0.717) is 10.6 Å². The fourth-order valence-electron chi connectivity index (χ4n) is 2.86. The highest BCUT2D eigenvalue weighted by Gasteiger charge is 2.22. The number of ether oxygens (including phenoxy) is 1. The van der Waals surface area contributed by atoms with Gasteiger partial charge in [-0.1, -0.05) is 41.9 Å². The van der Waals surface area contributed by atoms with Crippen molar-refractivity contribution in [3.8, 4) is 0 Å². The topological polar surface area (TPSA) is 29.5 Å². The molecule has 0 spiro atoms. The molecule has 1 unspecified atom stereocenters. The Kier molecular flexibility index (Phi) is 5.31. The summed E-state index contributed by atoms with van der Waals surface area (Å²) in [5.41, 5.74) is 1.55. The van der Waals surface area contributed by atoms with E-state index in [1.165, 1.54) is 12.8 Å². The lowest BCUT2D eigenvalue weighted by Gasteiger charge is -2.24. The largest absolute Gasteiger partial charge is 0.453 e. The minimum Gasteiger partial charge on any atom is -0.453 e. The van der Waals surface area contributed by atoms with Crippen molar-refractivity contribution in [2.24, 2.45) is 0 Å². The van der Waals surface area contributed by atoms with Crippen molar-refractivity contribution in [1.29, 1.82) is 0 Å². The van der Waals surface area contributed by atoms with Gasteiger partial charge < -0.3 is 4.74 Å². The summed E-state index contributed by atoms with van der Waals surface area (Å²) in [6.45, 7) is 2.88. The smallest absolute Gasteiger partial charge is 0.338 e. The second kappa shape index (κ2) is 7.62. The van der Waals surface area contributed by atoms with Gasteiger partial charge in [-0.2, -0.15) is 0 Å². The van der Waals surface area contributed by atoms with Crippen LogP contribution in [0.4, 0.5) is 0 Å². The minimum absolute atomic E-state index is 0.252. The molecule has 2 aromatic rings. The zero-order valence-corrected chi connectivity index (χ0v) is 13.7. The molecule has 0 bridgehead atoms. The third-order valence-corrected chi connectivity index (χ3v) is 4.38. The van der Waals surface area contributed by atoms with Gasteiger partial charge in [0.05, 0.1) is 5.56 Å². The number of hydrogen-bond donors (Lipinski definition) is 0. The zero-order chi connectivity index (χ0) is 16.1. The predicted molar refractivity (Wildman–Crippen MR) is 91.7 cm³/mol. The Labute approximate surface area is 141 Å². The van der Waals surface area contributed by atoms with Crippen molar-refractivity contribution in [3.05, 3.63) is 70.7 Å². The summed E-state index contributed by atoms with van der Waals surface area (Å²) in [7, 11) is 0. The summed E-state index contributed by atoms with van der Waals surface area (Å²) in [5, 5.41) is 0.609. The van der Waals surface area contributed by atoms with Gasteiger partial charge in [0.15, 0.2) is 0 Å². The Hall–Kier alpha value is -1.84. The number of carbonyl (C=O) groups is 1. The molecule has 1 atom stereocenters. The molecule has 1 saturated heterocycles. The van der Waals surface area contributed by atoms with E-state index >= 15 is 0 Å². The summed E-state index contributed by atoms with van der Waals surface area (Å²) in [6.07, 6.45) is 2.18. The van der Waals surface area contributed by atoms with Crippen LogP contribution in [0.3, 0.4) is 0 Å². The molecular formula is C19H20ClNO2. The average molecular weight is 330 g/mol. The second-order valence-corrected chi connectivity index (χ2v) is 6.26. The molecule has 0 radical (unpaired) electrons. The van der Waals surface area contributed by atoms with Crippen molar-refractivity contribution in [2.75, 3.05) is 19.6 Å². The van der Waals surface area contributed by atoms with Crippen LogP contribution in [0.15, 0.2) is 54.6 Å². The maximum absolute atomic E-state index is 12.4. The van der Waals surface area contributed by atoms with Crippen LogP contribution in [-0.2, 0) is 4.74 Å². The lowest BCUT2D eigenvalue weighted by molar-refractivity contribution is 0.0216. The van der Waals surface area contributed by atoms with Gasteiger partial charge in [-0.05, 0) is 55.8 Å². The Bertz CT molecular complexity index is 636. The fourth-order valence-corrected chi connectivity index (χ4v) is 2.99. The summed E-state index contributed by atoms with van der Waals surface area (Å²) < 4.78 is 5.80. The Morgan fingerprint density at radius 3 is 2.35 bits per heavy atom. The van der Waals surface area contributed by atoms with Gasteiger partial charge in [-0.3, -0.25) is 4.90 Å². The Balaban J connectivity index is 1.74. The van der Waals surface area contributed by atoms with E-state index in [1.807, 2.05) is 30.3 Å². The fraction of sp³-hybridized carbons (Fsp3) is 0.316. The highest BCUT2D eigenvalue weighted by atomic mass is 35.5. The van der Waals surface area contributed by atoms with Gasteiger partial charge in [0.1, 0.15) is 6.10 Å². The number of esters is 1. The highest BCUT2D eigenvalue weighted by molar-refractivity contribution is 6.30. The normalized spacial score (nSPS) is 16.2. The van der Waals surface area contributed by atoms with E-state index < -0.39 is 0 Å². The van der Waals surface area contributed by atoms with Crippen LogP contribution in [0.25, 0.3) is 0 Å².